The van der Waals surface area contributed by atoms with Crippen LogP contribution in [0.3, 0.4) is 0 Å². The Hall–Kier alpha value is -2.39. The second-order valence-electron chi connectivity index (χ2n) is 5.93. The Kier molecular flexibility index (Phi) is 5.58. The van der Waals surface area contributed by atoms with Crippen molar-refractivity contribution in [2.45, 2.75) is 23.8 Å². The Labute approximate surface area is 153 Å². The molecule has 1 aliphatic heterocycles. The summed E-state index contributed by atoms with van der Waals surface area (Å²) in [5.41, 5.74) is 0. The smallest absolute Gasteiger partial charge is 0.246 e. The average molecular weight is 378 g/mol. The van der Waals surface area contributed by atoms with Crippen LogP contribution in [0.4, 0.5) is 5.82 Å². The number of nitrogens with zero attached hydrogens (tertiary/aromatic N) is 3. The van der Waals surface area contributed by atoms with Crippen molar-refractivity contribution in [3.05, 3.63) is 36.8 Å². The highest BCUT2D eigenvalue weighted by atomic mass is 32.2. The lowest BCUT2D eigenvalue weighted by atomic mass is 10.1. The summed E-state index contributed by atoms with van der Waals surface area (Å²) in [7, 11) is -0.699. The molecule has 1 aromatic heterocycles. The topological polar surface area (TPSA) is 93.7 Å². The fraction of sp³-hybridized carbons (Fsp3) is 0.412. The molecule has 9 heteroatoms. The molecule has 0 atom stereocenters. The van der Waals surface area contributed by atoms with E-state index < -0.39 is 10.0 Å². The van der Waals surface area contributed by atoms with Gasteiger partial charge in [-0.25, -0.2) is 18.4 Å². The van der Waals surface area contributed by atoms with Crippen LogP contribution in [0.5, 0.6) is 11.5 Å². The highest BCUT2D eigenvalue weighted by molar-refractivity contribution is 7.89. The van der Waals surface area contributed by atoms with Gasteiger partial charge in [0.15, 0.2) is 0 Å². The van der Waals surface area contributed by atoms with Gasteiger partial charge in [0.1, 0.15) is 28.5 Å². The zero-order chi connectivity index (χ0) is 18.6. The number of methoxy groups -OCH3 is 2. The van der Waals surface area contributed by atoms with E-state index in [0.717, 1.165) is 5.82 Å². The third kappa shape index (κ3) is 3.88. The van der Waals surface area contributed by atoms with Crippen LogP contribution in [0, 0.1) is 0 Å². The van der Waals surface area contributed by atoms with Crippen LogP contribution in [0.1, 0.15) is 12.8 Å². The lowest BCUT2D eigenvalue weighted by Crippen LogP contribution is -2.42. The Balaban J connectivity index is 1.72. The number of benzene rings is 1. The molecule has 8 nitrogen and oxygen atoms in total. The third-order valence-electron chi connectivity index (χ3n) is 4.38. The van der Waals surface area contributed by atoms with Crippen LogP contribution in [-0.2, 0) is 10.0 Å². The largest absolute Gasteiger partial charge is 0.497 e. The number of hydrogen-bond acceptors (Lipinski definition) is 7. The van der Waals surface area contributed by atoms with Gasteiger partial charge in [-0.3, -0.25) is 0 Å². The van der Waals surface area contributed by atoms with E-state index in [4.69, 9.17) is 9.47 Å². The maximum absolute atomic E-state index is 13.0. The summed E-state index contributed by atoms with van der Waals surface area (Å²) in [5.74, 6) is 1.53. The highest BCUT2D eigenvalue weighted by Crippen LogP contribution is 2.32. The minimum Gasteiger partial charge on any atom is -0.497 e. The quantitative estimate of drug-likeness (QED) is 0.818. The highest BCUT2D eigenvalue weighted by Gasteiger charge is 2.32. The maximum Gasteiger partial charge on any atom is 0.246 e. The summed E-state index contributed by atoms with van der Waals surface area (Å²) >= 11 is 0. The Morgan fingerprint density at radius 2 is 1.92 bits per heavy atom. The molecule has 2 aromatic rings. The fourth-order valence-electron chi connectivity index (χ4n) is 2.95. The molecule has 0 amide bonds. The van der Waals surface area contributed by atoms with Gasteiger partial charge in [0, 0.05) is 31.4 Å². The molecule has 1 aliphatic rings. The van der Waals surface area contributed by atoms with E-state index in [0.29, 0.717) is 37.4 Å². The van der Waals surface area contributed by atoms with Crippen LogP contribution < -0.4 is 14.8 Å². The summed E-state index contributed by atoms with van der Waals surface area (Å²) in [6.45, 7) is 0.844. The van der Waals surface area contributed by atoms with Crippen LogP contribution >= 0.6 is 0 Å². The second-order valence-corrected chi connectivity index (χ2v) is 7.84. The molecule has 0 unspecified atom stereocenters. The van der Waals surface area contributed by atoms with Gasteiger partial charge in [-0.2, -0.15) is 4.31 Å². The van der Waals surface area contributed by atoms with Crippen molar-refractivity contribution < 1.29 is 17.9 Å². The van der Waals surface area contributed by atoms with E-state index in [9.17, 15) is 8.42 Å². The van der Waals surface area contributed by atoms with Crippen LogP contribution in [0.25, 0.3) is 0 Å². The number of ether oxygens (including phenoxy) is 2. The lowest BCUT2D eigenvalue weighted by molar-refractivity contribution is 0.326. The Morgan fingerprint density at radius 1 is 1.15 bits per heavy atom. The lowest BCUT2D eigenvalue weighted by Gasteiger charge is -2.32. The molecule has 3 rings (SSSR count). The van der Waals surface area contributed by atoms with E-state index in [1.165, 1.54) is 30.9 Å². The summed E-state index contributed by atoms with van der Waals surface area (Å²) in [4.78, 5) is 8.16. The molecular formula is C17H22N4O4S. The molecule has 1 N–H and O–H groups in total. The molecule has 1 fully saturated rings. The number of sulfonamides is 1. The molecular weight excluding hydrogens is 356 g/mol. The van der Waals surface area contributed by atoms with E-state index in [-0.39, 0.29) is 10.9 Å². The average Bonchev–Trinajstić information content (AvgIpc) is 2.68. The first-order valence-corrected chi connectivity index (χ1v) is 9.73. The van der Waals surface area contributed by atoms with Gasteiger partial charge in [0.05, 0.1) is 14.2 Å². The summed E-state index contributed by atoms with van der Waals surface area (Å²) in [6, 6.07) is 6.75. The zero-order valence-corrected chi connectivity index (χ0v) is 15.6. The van der Waals surface area contributed by atoms with Crippen LogP contribution in [0.15, 0.2) is 41.7 Å². The molecule has 0 radical (unpaired) electrons. The molecule has 0 aliphatic carbocycles. The first-order chi connectivity index (χ1) is 12.5. The molecule has 2 heterocycles. The van der Waals surface area contributed by atoms with Crippen molar-refractivity contribution in [1.29, 1.82) is 0 Å². The Morgan fingerprint density at radius 3 is 2.54 bits per heavy atom. The maximum atomic E-state index is 13.0. The van der Waals surface area contributed by atoms with Gasteiger partial charge >= 0.3 is 0 Å². The van der Waals surface area contributed by atoms with Gasteiger partial charge < -0.3 is 14.8 Å². The number of rotatable bonds is 6. The van der Waals surface area contributed by atoms with E-state index in [2.05, 4.69) is 15.3 Å². The number of hydrogen-bond donors (Lipinski definition) is 1. The van der Waals surface area contributed by atoms with Gasteiger partial charge in [0.25, 0.3) is 0 Å². The number of nitrogens with one attached hydrogen (secondary N) is 1. The van der Waals surface area contributed by atoms with E-state index in [1.807, 2.05) is 0 Å². The number of anilines is 1. The van der Waals surface area contributed by atoms with Crippen LogP contribution in [-0.4, -0.2) is 56.0 Å². The molecule has 1 saturated heterocycles. The van der Waals surface area contributed by atoms with E-state index >= 15 is 0 Å². The summed E-state index contributed by atoms with van der Waals surface area (Å²) in [5, 5.41) is 3.32. The van der Waals surface area contributed by atoms with E-state index in [1.54, 1.807) is 24.4 Å². The fourth-order valence-corrected chi connectivity index (χ4v) is 4.59. The van der Waals surface area contributed by atoms with Crippen molar-refractivity contribution in [3.63, 3.8) is 0 Å². The minimum absolute atomic E-state index is 0.126. The number of aromatic nitrogens is 2. The third-order valence-corrected chi connectivity index (χ3v) is 6.30. The number of piperidine rings is 1. The predicted octanol–water partition coefficient (Wildman–Crippen LogP) is 1.76. The SMILES string of the molecule is COc1ccc(OC)c(S(=O)(=O)N2CCC(Nc3ccncn3)CC2)c1. The molecule has 1 aromatic carbocycles. The normalized spacial score (nSPS) is 16.2. The summed E-state index contributed by atoms with van der Waals surface area (Å²) in [6.07, 6.45) is 4.53. The summed E-state index contributed by atoms with van der Waals surface area (Å²) < 4.78 is 38.0. The zero-order valence-electron chi connectivity index (χ0n) is 14.8. The van der Waals surface area contributed by atoms with Gasteiger partial charge in [-0.15, -0.1) is 0 Å². The second kappa shape index (κ2) is 7.88. The first kappa shape index (κ1) is 18.4. The van der Waals surface area contributed by atoms with Gasteiger partial charge in [-0.1, -0.05) is 0 Å². The van der Waals surface area contributed by atoms with Crippen LogP contribution in [0.2, 0.25) is 0 Å². The monoisotopic (exact) mass is 378 g/mol. The van der Waals surface area contributed by atoms with Gasteiger partial charge in [0.2, 0.25) is 10.0 Å². The predicted molar refractivity (Wildman–Crippen MR) is 97.0 cm³/mol. The van der Waals surface area contributed by atoms with Crippen molar-refractivity contribution in [2.24, 2.45) is 0 Å². The van der Waals surface area contributed by atoms with Crippen molar-refractivity contribution in [2.75, 3.05) is 32.6 Å². The van der Waals surface area contributed by atoms with Crippen molar-refractivity contribution in [1.82, 2.24) is 14.3 Å². The van der Waals surface area contributed by atoms with Crippen molar-refractivity contribution >= 4 is 15.8 Å². The standard InChI is InChI=1S/C17H22N4O4S/c1-24-14-3-4-15(25-2)16(11-14)26(22,23)21-9-6-13(7-10-21)20-17-5-8-18-12-19-17/h3-5,8,11-13H,6-7,9-10H2,1-2H3,(H,18,19,20). The minimum atomic E-state index is -3.66. The molecule has 0 spiro atoms. The first-order valence-electron chi connectivity index (χ1n) is 8.29. The van der Waals surface area contributed by atoms with Gasteiger partial charge in [-0.05, 0) is 31.0 Å². The molecule has 0 bridgehead atoms. The molecule has 140 valence electrons. The molecule has 0 saturated carbocycles. The molecule has 26 heavy (non-hydrogen) atoms. The van der Waals surface area contributed by atoms with Crippen molar-refractivity contribution in [3.8, 4) is 11.5 Å². The Bertz CT molecular complexity index is 837.